The SMILES string of the molecule is O=C(CSc1nnc(Cc2cccs2)n1CCc1ccccc1)NCc1ccc(F)cc1. The number of thiophene rings is 1. The first kappa shape index (κ1) is 22.2. The van der Waals surface area contributed by atoms with E-state index in [2.05, 4.69) is 43.7 Å². The number of hydrogen-bond acceptors (Lipinski definition) is 5. The van der Waals surface area contributed by atoms with Gasteiger partial charge < -0.3 is 9.88 Å². The van der Waals surface area contributed by atoms with Crippen LogP contribution >= 0.6 is 23.1 Å². The number of carbonyl (C=O) groups is 1. The second kappa shape index (κ2) is 11.1. The first-order chi connectivity index (χ1) is 15.7. The topological polar surface area (TPSA) is 59.8 Å². The molecule has 32 heavy (non-hydrogen) atoms. The van der Waals surface area contributed by atoms with Crippen LogP contribution in [0.4, 0.5) is 4.39 Å². The molecule has 0 radical (unpaired) electrons. The molecule has 1 N–H and O–H groups in total. The maximum Gasteiger partial charge on any atom is 0.230 e. The molecule has 0 atom stereocenters. The Bertz CT molecular complexity index is 1130. The highest BCUT2D eigenvalue weighted by Crippen LogP contribution is 2.21. The summed E-state index contributed by atoms with van der Waals surface area (Å²) in [7, 11) is 0. The monoisotopic (exact) mass is 466 g/mol. The zero-order valence-electron chi connectivity index (χ0n) is 17.4. The van der Waals surface area contributed by atoms with Gasteiger partial charge in [0.25, 0.3) is 0 Å². The van der Waals surface area contributed by atoms with E-state index in [0.717, 1.165) is 35.9 Å². The molecule has 2 aromatic carbocycles. The molecule has 0 spiro atoms. The van der Waals surface area contributed by atoms with Gasteiger partial charge in [0.05, 0.1) is 5.75 Å². The largest absolute Gasteiger partial charge is 0.351 e. The van der Waals surface area contributed by atoms with Gasteiger partial charge in [0, 0.05) is 24.4 Å². The number of rotatable bonds is 10. The van der Waals surface area contributed by atoms with Crippen LogP contribution < -0.4 is 5.32 Å². The number of thioether (sulfide) groups is 1. The molecule has 0 aliphatic rings. The third-order valence-corrected chi connectivity index (χ3v) is 6.75. The van der Waals surface area contributed by atoms with Gasteiger partial charge in [-0.05, 0) is 41.1 Å². The molecule has 0 aliphatic carbocycles. The molecule has 2 aromatic heterocycles. The van der Waals surface area contributed by atoms with Crippen LogP contribution in [0, 0.1) is 5.82 Å². The number of aryl methyl sites for hydroxylation is 1. The van der Waals surface area contributed by atoms with E-state index in [1.807, 2.05) is 24.3 Å². The maximum absolute atomic E-state index is 13.0. The van der Waals surface area contributed by atoms with Gasteiger partial charge in [-0.1, -0.05) is 60.3 Å². The van der Waals surface area contributed by atoms with Gasteiger partial charge in [-0.15, -0.1) is 21.5 Å². The van der Waals surface area contributed by atoms with E-state index in [1.165, 1.54) is 34.3 Å². The molecule has 5 nitrogen and oxygen atoms in total. The molecule has 0 saturated heterocycles. The van der Waals surface area contributed by atoms with Crippen LogP contribution in [0.1, 0.15) is 21.8 Å². The number of benzene rings is 2. The zero-order chi connectivity index (χ0) is 22.2. The number of nitrogens with one attached hydrogen (secondary N) is 1. The van der Waals surface area contributed by atoms with Crippen LogP contribution in [0.5, 0.6) is 0 Å². The molecule has 0 bridgehead atoms. The van der Waals surface area contributed by atoms with Gasteiger partial charge in [0.1, 0.15) is 11.6 Å². The van der Waals surface area contributed by atoms with Crippen molar-refractivity contribution in [2.24, 2.45) is 0 Å². The van der Waals surface area contributed by atoms with Crippen LogP contribution in [-0.4, -0.2) is 26.4 Å². The Morgan fingerprint density at radius 2 is 1.81 bits per heavy atom. The minimum absolute atomic E-state index is 0.100. The summed E-state index contributed by atoms with van der Waals surface area (Å²) in [5, 5.41) is 14.5. The van der Waals surface area contributed by atoms with Crippen LogP contribution in [0.2, 0.25) is 0 Å². The fourth-order valence-electron chi connectivity index (χ4n) is 3.22. The summed E-state index contributed by atoms with van der Waals surface area (Å²) < 4.78 is 15.1. The summed E-state index contributed by atoms with van der Waals surface area (Å²) in [5.41, 5.74) is 2.10. The average molecular weight is 467 g/mol. The number of carbonyl (C=O) groups excluding carboxylic acids is 1. The molecule has 0 unspecified atom stereocenters. The third-order valence-electron chi connectivity index (χ3n) is 4.91. The summed E-state index contributed by atoms with van der Waals surface area (Å²) in [6.07, 6.45) is 1.58. The summed E-state index contributed by atoms with van der Waals surface area (Å²) in [4.78, 5) is 13.6. The highest BCUT2D eigenvalue weighted by atomic mass is 32.2. The number of halogens is 1. The molecule has 4 rings (SSSR count). The first-order valence-electron chi connectivity index (χ1n) is 10.3. The van der Waals surface area contributed by atoms with Gasteiger partial charge in [-0.3, -0.25) is 4.79 Å². The first-order valence-corrected chi connectivity index (χ1v) is 12.2. The molecular weight excluding hydrogens is 443 g/mol. The lowest BCUT2D eigenvalue weighted by Crippen LogP contribution is -2.24. The van der Waals surface area contributed by atoms with E-state index in [0.29, 0.717) is 6.54 Å². The third kappa shape index (κ3) is 6.27. The smallest absolute Gasteiger partial charge is 0.230 e. The predicted molar refractivity (Wildman–Crippen MR) is 126 cm³/mol. The molecule has 4 aromatic rings. The predicted octanol–water partition coefficient (Wildman–Crippen LogP) is 4.72. The van der Waals surface area contributed by atoms with Crippen LogP contribution in [0.15, 0.2) is 77.3 Å². The molecule has 0 saturated carbocycles. The number of amides is 1. The molecular formula is C24H23FN4OS2. The lowest BCUT2D eigenvalue weighted by Gasteiger charge is -2.10. The van der Waals surface area contributed by atoms with Crippen molar-refractivity contribution in [3.63, 3.8) is 0 Å². The van der Waals surface area contributed by atoms with E-state index < -0.39 is 0 Å². The van der Waals surface area contributed by atoms with Crippen molar-refractivity contribution in [3.8, 4) is 0 Å². The Labute approximate surface area is 194 Å². The van der Waals surface area contributed by atoms with Crippen molar-refractivity contribution in [2.75, 3.05) is 5.75 Å². The standard InChI is InChI=1S/C24H23FN4OS2/c25-20-10-8-19(9-11-20)16-26-23(30)17-32-24-28-27-22(15-21-7-4-14-31-21)29(24)13-12-18-5-2-1-3-6-18/h1-11,14H,12-13,15-17H2,(H,26,30). The van der Waals surface area contributed by atoms with Crippen LogP contribution in [0.3, 0.4) is 0 Å². The molecule has 2 heterocycles. The molecule has 0 fully saturated rings. The van der Waals surface area contributed by atoms with Crippen molar-refractivity contribution in [1.29, 1.82) is 0 Å². The maximum atomic E-state index is 13.0. The van der Waals surface area contributed by atoms with Gasteiger partial charge in [0.2, 0.25) is 5.91 Å². The number of hydrogen-bond donors (Lipinski definition) is 1. The van der Waals surface area contributed by atoms with E-state index in [-0.39, 0.29) is 17.5 Å². The van der Waals surface area contributed by atoms with Gasteiger partial charge in [-0.25, -0.2) is 4.39 Å². The highest BCUT2D eigenvalue weighted by molar-refractivity contribution is 7.99. The fraction of sp³-hybridized carbons (Fsp3) is 0.208. The minimum atomic E-state index is -0.288. The van der Waals surface area contributed by atoms with E-state index in [1.54, 1.807) is 23.5 Å². The second-order valence-electron chi connectivity index (χ2n) is 7.23. The van der Waals surface area contributed by atoms with Gasteiger partial charge in [0.15, 0.2) is 5.16 Å². The van der Waals surface area contributed by atoms with Crippen molar-refractivity contribution < 1.29 is 9.18 Å². The normalized spacial score (nSPS) is 10.9. The second-order valence-corrected chi connectivity index (χ2v) is 9.21. The highest BCUT2D eigenvalue weighted by Gasteiger charge is 2.15. The Hall–Kier alpha value is -2.97. The van der Waals surface area contributed by atoms with Crippen LogP contribution in [-0.2, 0) is 30.7 Å². The number of nitrogens with zero attached hydrogens (tertiary/aromatic N) is 3. The van der Waals surface area contributed by atoms with Crippen molar-refractivity contribution in [1.82, 2.24) is 20.1 Å². The quantitative estimate of drug-likeness (QED) is 0.344. The van der Waals surface area contributed by atoms with Gasteiger partial charge >= 0.3 is 0 Å². The van der Waals surface area contributed by atoms with Gasteiger partial charge in [-0.2, -0.15) is 0 Å². The lowest BCUT2D eigenvalue weighted by molar-refractivity contribution is -0.118. The van der Waals surface area contributed by atoms with Crippen molar-refractivity contribution in [2.45, 2.75) is 31.1 Å². The molecule has 8 heteroatoms. The Balaban J connectivity index is 1.39. The van der Waals surface area contributed by atoms with E-state index >= 15 is 0 Å². The fourth-order valence-corrected chi connectivity index (χ4v) is 4.73. The van der Waals surface area contributed by atoms with Crippen molar-refractivity contribution >= 4 is 29.0 Å². The lowest BCUT2D eigenvalue weighted by atomic mass is 10.1. The molecule has 1 amide bonds. The summed E-state index contributed by atoms with van der Waals surface area (Å²) in [6, 6.07) is 20.5. The average Bonchev–Trinajstić information content (AvgIpc) is 3.47. The Morgan fingerprint density at radius 3 is 2.56 bits per heavy atom. The Morgan fingerprint density at radius 1 is 1.00 bits per heavy atom. The minimum Gasteiger partial charge on any atom is -0.351 e. The van der Waals surface area contributed by atoms with E-state index in [9.17, 15) is 9.18 Å². The van der Waals surface area contributed by atoms with E-state index in [4.69, 9.17) is 0 Å². The van der Waals surface area contributed by atoms with Crippen molar-refractivity contribution in [3.05, 3.63) is 99.8 Å². The molecule has 0 aliphatic heterocycles. The number of aromatic nitrogens is 3. The molecule has 164 valence electrons. The summed E-state index contributed by atoms with van der Waals surface area (Å²) in [6.45, 7) is 1.11. The summed E-state index contributed by atoms with van der Waals surface area (Å²) >= 11 is 3.08. The zero-order valence-corrected chi connectivity index (χ0v) is 19.0. The van der Waals surface area contributed by atoms with Crippen LogP contribution in [0.25, 0.3) is 0 Å². The Kier molecular flexibility index (Phi) is 7.68. The summed E-state index contributed by atoms with van der Waals surface area (Å²) in [5.74, 6) is 0.752.